The Morgan fingerprint density at radius 3 is 2.14 bits per heavy atom. The largest absolute Gasteiger partial charge is 0.495 e. The Labute approximate surface area is 268 Å². The summed E-state index contributed by atoms with van der Waals surface area (Å²) < 4.78 is 34.3. The number of rotatable bonds is 13. The molecule has 0 radical (unpaired) electrons. The van der Waals surface area contributed by atoms with Crippen LogP contribution in [0.4, 0.5) is 5.69 Å². The second kappa shape index (κ2) is 15.1. The number of methoxy groups -OCH3 is 1. The number of carbonyl (C=O) groups excluding carboxylic acids is 2. The predicted octanol–water partition coefficient (Wildman–Crippen LogP) is 6.88. The van der Waals surface area contributed by atoms with Gasteiger partial charge in [0.05, 0.1) is 32.8 Å². The molecule has 0 aliphatic carbocycles. The van der Waals surface area contributed by atoms with Crippen LogP contribution in [0.1, 0.15) is 44.7 Å². The Morgan fingerprint density at radius 1 is 0.907 bits per heavy atom. The first kappa shape index (κ1) is 34.5. The number of benzene rings is 3. The lowest BCUT2D eigenvalue weighted by Crippen LogP contribution is -2.53. The predicted molar refractivity (Wildman–Crippen MR) is 173 cm³/mol. The van der Waals surface area contributed by atoms with E-state index in [1.165, 1.54) is 42.3 Å². The van der Waals surface area contributed by atoms with Crippen LogP contribution in [0.15, 0.2) is 65.6 Å². The number of nitrogens with zero attached hydrogens (tertiary/aromatic N) is 2. The van der Waals surface area contributed by atoms with E-state index in [1.54, 1.807) is 37.3 Å². The second-order valence-electron chi connectivity index (χ2n) is 10.2. The van der Waals surface area contributed by atoms with Crippen LogP contribution < -0.4 is 14.4 Å². The van der Waals surface area contributed by atoms with Gasteiger partial charge in [-0.15, -0.1) is 0 Å². The zero-order chi connectivity index (χ0) is 31.9. The van der Waals surface area contributed by atoms with Crippen molar-refractivity contribution in [2.45, 2.75) is 64.1 Å². The fourth-order valence-electron chi connectivity index (χ4n) is 4.37. The first-order chi connectivity index (χ1) is 20.3. The van der Waals surface area contributed by atoms with Crippen LogP contribution >= 0.6 is 34.8 Å². The van der Waals surface area contributed by atoms with Crippen LogP contribution in [-0.4, -0.2) is 50.9 Å². The van der Waals surface area contributed by atoms with Crippen molar-refractivity contribution in [3.63, 3.8) is 0 Å². The summed E-state index contributed by atoms with van der Waals surface area (Å²) in [6, 6.07) is 14.7. The van der Waals surface area contributed by atoms with Crippen LogP contribution in [0, 0.1) is 6.92 Å². The number of halogens is 3. The monoisotopic (exact) mass is 667 g/mol. The van der Waals surface area contributed by atoms with Crippen molar-refractivity contribution < 1.29 is 22.7 Å². The second-order valence-corrected chi connectivity index (χ2v) is 13.2. The number of anilines is 1. The molecule has 1 N–H and O–H groups in total. The third-order valence-electron chi connectivity index (χ3n) is 7.04. The summed E-state index contributed by atoms with van der Waals surface area (Å²) in [4.78, 5) is 29.0. The standard InChI is InChI=1S/C31H36Cl3N3O5S/c1-6-21(4)35-31(39)28(7-2)36(18-22-10-14-25(32)26(33)16-22)30(38)19-37(23-11-15-29(42-5)27(34)17-23)43(40,41)24-12-8-20(3)9-13-24/h8-17,21,28H,6-7,18-19H2,1-5H3,(H,35,39)/t21-,28-/m1/s1. The van der Waals surface area contributed by atoms with E-state index in [-0.39, 0.29) is 40.5 Å². The SMILES string of the molecule is CC[C@@H](C)NC(=O)[C@@H](CC)N(Cc1ccc(Cl)c(Cl)c1)C(=O)CN(c1ccc(OC)c(Cl)c1)S(=O)(=O)c1ccc(C)cc1. The Hall–Kier alpha value is -2.98. The molecule has 232 valence electrons. The molecule has 0 aliphatic rings. The molecule has 0 unspecified atom stereocenters. The van der Waals surface area contributed by atoms with Crippen molar-refractivity contribution in [2.75, 3.05) is 18.0 Å². The molecule has 0 fully saturated rings. The molecule has 43 heavy (non-hydrogen) atoms. The lowest BCUT2D eigenvalue weighted by molar-refractivity contribution is -0.140. The van der Waals surface area contributed by atoms with Crippen LogP contribution in [0.2, 0.25) is 15.1 Å². The van der Waals surface area contributed by atoms with Crippen molar-refractivity contribution in [2.24, 2.45) is 0 Å². The molecule has 3 aromatic carbocycles. The Kier molecular flexibility index (Phi) is 12.2. The number of aryl methyl sites for hydroxylation is 1. The summed E-state index contributed by atoms with van der Waals surface area (Å²) in [6.45, 7) is 6.84. The van der Waals surface area contributed by atoms with Gasteiger partial charge in [0.25, 0.3) is 10.0 Å². The zero-order valence-corrected chi connectivity index (χ0v) is 27.8. The first-order valence-corrected chi connectivity index (χ1v) is 16.4. The highest BCUT2D eigenvalue weighted by Gasteiger charge is 2.34. The highest BCUT2D eigenvalue weighted by atomic mass is 35.5. The summed E-state index contributed by atoms with van der Waals surface area (Å²) in [7, 11) is -2.80. The highest BCUT2D eigenvalue weighted by Crippen LogP contribution is 2.32. The van der Waals surface area contributed by atoms with Gasteiger partial charge in [-0.2, -0.15) is 0 Å². The molecule has 0 bridgehead atoms. The molecule has 8 nitrogen and oxygen atoms in total. The maximum absolute atomic E-state index is 14.2. The maximum atomic E-state index is 14.2. The average molecular weight is 669 g/mol. The van der Waals surface area contributed by atoms with E-state index in [9.17, 15) is 18.0 Å². The van der Waals surface area contributed by atoms with Gasteiger partial charge in [-0.1, -0.05) is 72.4 Å². The number of hydrogen-bond acceptors (Lipinski definition) is 5. The van der Waals surface area contributed by atoms with Crippen LogP contribution in [0.3, 0.4) is 0 Å². The van der Waals surface area contributed by atoms with Gasteiger partial charge in [-0.3, -0.25) is 13.9 Å². The fraction of sp³-hybridized carbons (Fsp3) is 0.355. The van der Waals surface area contributed by atoms with Crippen molar-refractivity contribution in [1.82, 2.24) is 10.2 Å². The molecule has 12 heteroatoms. The minimum atomic E-state index is -4.25. The van der Waals surface area contributed by atoms with Crippen LogP contribution in [-0.2, 0) is 26.2 Å². The Bertz CT molecular complexity index is 1550. The van der Waals surface area contributed by atoms with Gasteiger partial charge in [-0.25, -0.2) is 8.42 Å². The van der Waals surface area contributed by atoms with E-state index in [2.05, 4.69) is 5.32 Å². The lowest BCUT2D eigenvalue weighted by atomic mass is 10.1. The molecular weight excluding hydrogens is 633 g/mol. The van der Waals surface area contributed by atoms with Crippen LogP contribution in [0.25, 0.3) is 0 Å². The topological polar surface area (TPSA) is 96.0 Å². The molecular formula is C31H36Cl3N3O5S. The van der Waals surface area contributed by atoms with E-state index >= 15 is 0 Å². The number of hydrogen-bond donors (Lipinski definition) is 1. The number of sulfonamides is 1. The molecule has 0 aromatic heterocycles. The van der Waals surface area contributed by atoms with Crippen LogP contribution in [0.5, 0.6) is 5.75 Å². The third-order valence-corrected chi connectivity index (χ3v) is 9.86. The summed E-state index contributed by atoms with van der Waals surface area (Å²) in [5.41, 5.74) is 1.66. The summed E-state index contributed by atoms with van der Waals surface area (Å²) >= 11 is 18.8. The maximum Gasteiger partial charge on any atom is 0.264 e. The molecule has 0 saturated heterocycles. The van der Waals surface area contributed by atoms with Gasteiger partial charge < -0.3 is 15.0 Å². The number of amides is 2. The molecule has 0 saturated carbocycles. The van der Waals surface area contributed by atoms with E-state index in [0.29, 0.717) is 27.8 Å². The Balaban J connectivity index is 2.11. The number of carbonyl (C=O) groups is 2. The first-order valence-electron chi connectivity index (χ1n) is 13.8. The van der Waals surface area contributed by atoms with Gasteiger partial charge >= 0.3 is 0 Å². The normalized spacial score (nSPS) is 12.7. The van der Waals surface area contributed by atoms with Crippen molar-refractivity contribution in [1.29, 1.82) is 0 Å². The van der Waals surface area contributed by atoms with Crippen molar-refractivity contribution in [3.8, 4) is 5.75 Å². The third kappa shape index (κ3) is 8.56. The van der Waals surface area contributed by atoms with Gasteiger partial charge in [0.15, 0.2) is 0 Å². The minimum Gasteiger partial charge on any atom is -0.495 e. The molecule has 2 atom stereocenters. The van der Waals surface area contributed by atoms with Crippen molar-refractivity contribution >= 4 is 62.3 Å². The lowest BCUT2D eigenvalue weighted by Gasteiger charge is -2.34. The Morgan fingerprint density at radius 2 is 1.58 bits per heavy atom. The number of nitrogens with one attached hydrogen (secondary N) is 1. The summed E-state index contributed by atoms with van der Waals surface area (Å²) in [5, 5.41) is 3.75. The van der Waals surface area contributed by atoms with E-state index in [1.807, 2.05) is 20.8 Å². The zero-order valence-electron chi connectivity index (χ0n) is 24.7. The molecule has 3 rings (SSSR count). The summed E-state index contributed by atoms with van der Waals surface area (Å²) in [5.74, 6) is -0.594. The van der Waals surface area contributed by atoms with Gasteiger partial charge in [0.2, 0.25) is 11.8 Å². The average Bonchev–Trinajstić information content (AvgIpc) is 2.97. The van der Waals surface area contributed by atoms with Gasteiger partial charge in [0.1, 0.15) is 18.3 Å². The minimum absolute atomic E-state index is 0.00423. The van der Waals surface area contributed by atoms with Crippen molar-refractivity contribution in [3.05, 3.63) is 86.9 Å². The van der Waals surface area contributed by atoms with E-state index in [0.717, 1.165) is 9.87 Å². The molecule has 3 aromatic rings. The van der Waals surface area contributed by atoms with E-state index in [4.69, 9.17) is 39.5 Å². The fourth-order valence-corrected chi connectivity index (χ4v) is 6.35. The number of ether oxygens (including phenoxy) is 1. The van der Waals surface area contributed by atoms with Gasteiger partial charge in [0, 0.05) is 12.6 Å². The molecule has 0 heterocycles. The van der Waals surface area contributed by atoms with Gasteiger partial charge in [-0.05, 0) is 74.7 Å². The molecule has 2 amide bonds. The quantitative estimate of drug-likeness (QED) is 0.214. The van der Waals surface area contributed by atoms with E-state index < -0.39 is 28.5 Å². The highest BCUT2D eigenvalue weighted by molar-refractivity contribution is 7.92. The smallest absolute Gasteiger partial charge is 0.264 e. The molecule has 0 spiro atoms. The molecule has 0 aliphatic heterocycles. The summed E-state index contributed by atoms with van der Waals surface area (Å²) in [6.07, 6.45) is 0.984.